The lowest BCUT2D eigenvalue weighted by Gasteiger charge is -2.41. The summed E-state index contributed by atoms with van der Waals surface area (Å²) in [7, 11) is 1.56. The summed E-state index contributed by atoms with van der Waals surface area (Å²) in [6.45, 7) is 7.29. The molecule has 1 amide bonds. The van der Waals surface area contributed by atoms with Gasteiger partial charge in [0.15, 0.2) is 23.3 Å². The fourth-order valence-electron chi connectivity index (χ4n) is 7.15. The van der Waals surface area contributed by atoms with Crippen LogP contribution in [-0.4, -0.2) is 78.9 Å². The van der Waals surface area contributed by atoms with Crippen molar-refractivity contribution in [2.24, 2.45) is 0 Å². The standard InChI is InChI=1S/C33H36F3N7O4/c1-3-31(44)40-24-13-25(28(45-2)14-27(24)41-9-6-19(7-10-41)42-16-21-12-20(42)17-46-21)39-29-15-30(38-18-37-29)43-26(8-11-47-43)22-4-5-23(34)33(36)32(22)35/h3-5,13-15,18-21,26H,1,6-12,16-17H2,2H3,(H,40,44)(H,37,38,39)/t20-,21-,26+/m0/s1. The number of carbonyl (C=O) groups excluding carboxylic acids is 1. The maximum absolute atomic E-state index is 14.7. The molecular weight excluding hydrogens is 615 g/mol. The number of halogens is 3. The van der Waals surface area contributed by atoms with Crippen LogP contribution in [0, 0.1) is 17.5 Å². The van der Waals surface area contributed by atoms with Gasteiger partial charge in [0.2, 0.25) is 5.91 Å². The van der Waals surface area contributed by atoms with Crippen LogP contribution < -0.4 is 25.3 Å². The Balaban J connectivity index is 1.12. The molecule has 4 aliphatic heterocycles. The summed E-state index contributed by atoms with van der Waals surface area (Å²) in [4.78, 5) is 31.7. The minimum atomic E-state index is -1.54. The highest BCUT2D eigenvalue weighted by Crippen LogP contribution is 2.41. The molecule has 3 aromatic rings. The molecule has 2 aromatic carbocycles. The summed E-state index contributed by atoms with van der Waals surface area (Å²) in [5.41, 5.74) is 1.89. The normalized spacial score (nSPS) is 22.9. The molecule has 1 aromatic heterocycles. The minimum absolute atomic E-state index is 0.0416. The minimum Gasteiger partial charge on any atom is -0.494 e. The van der Waals surface area contributed by atoms with E-state index in [1.807, 2.05) is 6.07 Å². The number of amides is 1. The van der Waals surface area contributed by atoms with Crippen LogP contribution in [0.4, 0.5) is 41.9 Å². The number of rotatable bonds is 9. The smallest absolute Gasteiger partial charge is 0.247 e. The first-order valence-corrected chi connectivity index (χ1v) is 15.7. The summed E-state index contributed by atoms with van der Waals surface area (Å²) in [5.74, 6) is -3.26. The lowest BCUT2D eigenvalue weighted by Crippen LogP contribution is -2.49. The molecule has 2 bridgehead atoms. The van der Waals surface area contributed by atoms with Crippen LogP contribution in [0.1, 0.15) is 37.3 Å². The van der Waals surface area contributed by atoms with Crippen molar-refractivity contribution in [1.29, 1.82) is 0 Å². The number of carbonyl (C=O) groups is 1. The van der Waals surface area contributed by atoms with Gasteiger partial charge in [-0.05, 0) is 37.5 Å². The number of benzene rings is 2. The lowest BCUT2D eigenvalue weighted by molar-refractivity contribution is -0.111. The molecule has 0 radical (unpaired) electrons. The molecule has 0 unspecified atom stereocenters. The van der Waals surface area contributed by atoms with E-state index in [4.69, 9.17) is 14.3 Å². The number of fused-ring (bicyclic) bond motifs is 2. The van der Waals surface area contributed by atoms with Gasteiger partial charge in [-0.3, -0.25) is 14.5 Å². The van der Waals surface area contributed by atoms with E-state index in [1.54, 1.807) is 19.2 Å². The summed E-state index contributed by atoms with van der Waals surface area (Å²) in [5, 5.41) is 7.54. The van der Waals surface area contributed by atoms with Crippen LogP contribution in [0.15, 0.2) is 49.3 Å². The second-order valence-corrected chi connectivity index (χ2v) is 12.1. The molecule has 4 saturated heterocycles. The number of ether oxygens (including phenoxy) is 2. The molecule has 3 atom stereocenters. The fourth-order valence-corrected chi connectivity index (χ4v) is 7.15. The first-order chi connectivity index (χ1) is 22.8. The molecule has 2 N–H and O–H groups in total. The second kappa shape index (κ2) is 13.0. The molecule has 0 spiro atoms. The number of hydroxylamine groups is 1. The van der Waals surface area contributed by atoms with Crippen molar-refractivity contribution in [3.05, 3.63) is 72.3 Å². The van der Waals surface area contributed by atoms with Gasteiger partial charge in [0.25, 0.3) is 0 Å². The Hall–Kier alpha value is -4.40. The number of morpholine rings is 1. The highest BCUT2D eigenvalue weighted by Gasteiger charge is 2.43. The number of likely N-dealkylation sites (tertiary alicyclic amines) is 1. The van der Waals surface area contributed by atoms with Crippen molar-refractivity contribution >= 4 is 34.6 Å². The Labute approximate surface area is 270 Å². The van der Waals surface area contributed by atoms with Crippen LogP contribution >= 0.6 is 0 Å². The van der Waals surface area contributed by atoms with Gasteiger partial charge in [-0.15, -0.1) is 0 Å². The first-order valence-electron chi connectivity index (χ1n) is 15.7. The number of nitrogens with zero attached hydrogens (tertiary/aromatic N) is 5. The second-order valence-electron chi connectivity index (χ2n) is 12.1. The van der Waals surface area contributed by atoms with Gasteiger partial charge in [-0.25, -0.2) is 28.2 Å². The summed E-state index contributed by atoms with van der Waals surface area (Å²) >= 11 is 0. The van der Waals surface area contributed by atoms with E-state index in [1.165, 1.54) is 23.5 Å². The number of methoxy groups -OCH3 is 1. The summed E-state index contributed by atoms with van der Waals surface area (Å²) < 4.78 is 53.9. The van der Waals surface area contributed by atoms with Crippen molar-refractivity contribution in [1.82, 2.24) is 14.9 Å². The van der Waals surface area contributed by atoms with Crippen LogP contribution in [0.2, 0.25) is 0 Å². The highest BCUT2D eigenvalue weighted by atomic mass is 19.2. The van der Waals surface area contributed by atoms with Crippen molar-refractivity contribution in [3.63, 3.8) is 0 Å². The highest BCUT2D eigenvalue weighted by molar-refractivity contribution is 6.02. The van der Waals surface area contributed by atoms with Gasteiger partial charge in [0, 0.05) is 55.8 Å². The third-order valence-corrected chi connectivity index (χ3v) is 9.45. The number of nitrogens with one attached hydrogen (secondary N) is 2. The topological polar surface area (TPSA) is 104 Å². The average molecular weight is 652 g/mol. The molecule has 0 saturated carbocycles. The summed E-state index contributed by atoms with van der Waals surface area (Å²) in [6.07, 6.45) is 6.34. The van der Waals surface area contributed by atoms with Gasteiger partial charge in [0.1, 0.15) is 17.9 Å². The van der Waals surface area contributed by atoms with Crippen molar-refractivity contribution in [3.8, 4) is 5.75 Å². The van der Waals surface area contributed by atoms with Crippen molar-refractivity contribution < 1.29 is 32.3 Å². The monoisotopic (exact) mass is 651 g/mol. The zero-order valence-corrected chi connectivity index (χ0v) is 25.9. The zero-order valence-electron chi connectivity index (χ0n) is 25.9. The maximum atomic E-state index is 14.7. The quantitative estimate of drug-likeness (QED) is 0.240. The number of aromatic nitrogens is 2. The van der Waals surface area contributed by atoms with Crippen LogP contribution in [0.25, 0.3) is 0 Å². The molecule has 11 nitrogen and oxygen atoms in total. The molecule has 5 heterocycles. The van der Waals surface area contributed by atoms with E-state index >= 15 is 0 Å². The molecule has 4 fully saturated rings. The Bertz CT molecular complexity index is 1670. The van der Waals surface area contributed by atoms with Crippen LogP contribution in [0.5, 0.6) is 5.75 Å². The molecule has 4 aliphatic rings. The number of hydrogen-bond acceptors (Lipinski definition) is 10. The first kappa shape index (κ1) is 31.2. The Morgan fingerprint density at radius 1 is 1.06 bits per heavy atom. The molecule has 47 heavy (non-hydrogen) atoms. The molecular formula is C33H36F3N7O4. The fraction of sp³-hybridized carbons (Fsp3) is 0.424. The van der Waals surface area contributed by atoms with Gasteiger partial charge in [-0.2, -0.15) is 0 Å². The van der Waals surface area contributed by atoms with Gasteiger partial charge < -0.3 is 25.0 Å². The number of hydrogen-bond donors (Lipinski definition) is 2. The third kappa shape index (κ3) is 6.08. The lowest BCUT2D eigenvalue weighted by atomic mass is 10.0. The third-order valence-electron chi connectivity index (χ3n) is 9.45. The van der Waals surface area contributed by atoms with E-state index < -0.39 is 23.5 Å². The molecule has 7 rings (SSSR count). The molecule has 0 aliphatic carbocycles. The SMILES string of the molecule is C=CC(=O)Nc1cc(Nc2cc(N3OCC[C@@H]3c3ccc(F)c(F)c3F)ncn2)c(OC)cc1N1CCC(N2C[C@@H]3C[C@H]2CO3)CC1. The Kier molecular flexibility index (Phi) is 8.64. The zero-order chi connectivity index (χ0) is 32.7. The van der Waals surface area contributed by atoms with Crippen molar-refractivity contribution in [2.45, 2.75) is 49.9 Å². The number of piperidine rings is 1. The van der Waals surface area contributed by atoms with E-state index in [2.05, 4.69) is 37.0 Å². The summed E-state index contributed by atoms with van der Waals surface area (Å²) in [6, 6.07) is 7.65. The van der Waals surface area contributed by atoms with E-state index in [0.717, 1.165) is 57.3 Å². The molecule has 248 valence electrons. The van der Waals surface area contributed by atoms with Gasteiger partial charge >= 0.3 is 0 Å². The predicted molar refractivity (Wildman–Crippen MR) is 169 cm³/mol. The molecule has 14 heteroatoms. The number of anilines is 5. The van der Waals surface area contributed by atoms with Gasteiger partial charge in [0.05, 0.1) is 49.5 Å². The van der Waals surface area contributed by atoms with Crippen molar-refractivity contribution in [2.75, 3.05) is 60.6 Å². The maximum Gasteiger partial charge on any atom is 0.247 e. The Morgan fingerprint density at radius 3 is 2.62 bits per heavy atom. The predicted octanol–water partition coefficient (Wildman–Crippen LogP) is 5.10. The van der Waals surface area contributed by atoms with Crippen LogP contribution in [-0.2, 0) is 14.4 Å². The average Bonchev–Trinajstić information content (AvgIpc) is 3.86. The van der Waals surface area contributed by atoms with E-state index in [0.29, 0.717) is 47.6 Å². The van der Waals surface area contributed by atoms with E-state index in [-0.39, 0.29) is 23.9 Å². The van der Waals surface area contributed by atoms with Gasteiger partial charge in [-0.1, -0.05) is 12.6 Å². The Morgan fingerprint density at radius 2 is 1.89 bits per heavy atom. The van der Waals surface area contributed by atoms with Crippen LogP contribution in [0.3, 0.4) is 0 Å². The van der Waals surface area contributed by atoms with E-state index in [9.17, 15) is 18.0 Å². The largest absolute Gasteiger partial charge is 0.494 e.